The van der Waals surface area contributed by atoms with Crippen molar-refractivity contribution >= 4 is 27.7 Å². The number of anilines is 2. The van der Waals surface area contributed by atoms with Gasteiger partial charge in [0.25, 0.3) is 0 Å². The van der Waals surface area contributed by atoms with Gasteiger partial charge in [-0.15, -0.1) is 0 Å². The van der Waals surface area contributed by atoms with Crippen LogP contribution in [-0.4, -0.2) is 28.5 Å². The molecule has 2 heterocycles. The van der Waals surface area contributed by atoms with Crippen molar-refractivity contribution in [2.24, 2.45) is 0 Å². The van der Waals surface area contributed by atoms with Crippen LogP contribution in [0.3, 0.4) is 0 Å². The summed E-state index contributed by atoms with van der Waals surface area (Å²) in [5.74, 6) is 1.39. The zero-order valence-corrected chi connectivity index (χ0v) is 11.6. The molecule has 18 heavy (non-hydrogen) atoms. The Hall–Kier alpha value is -1.69. The van der Waals surface area contributed by atoms with E-state index in [0.717, 1.165) is 23.3 Å². The highest BCUT2D eigenvalue weighted by Gasteiger charge is 2.03. The van der Waals surface area contributed by atoms with Crippen LogP contribution in [0.1, 0.15) is 5.56 Å². The summed E-state index contributed by atoms with van der Waals surface area (Å²) in [4.78, 5) is 12.5. The Morgan fingerprint density at radius 3 is 2.94 bits per heavy atom. The molecule has 0 spiro atoms. The molecule has 6 heteroatoms. The number of pyridine rings is 1. The van der Waals surface area contributed by atoms with Crippen LogP contribution < -0.4 is 10.6 Å². The topological polar surface area (TPSA) is 62.7 Å². The van der Waals surface area contributed by atoms with Crippen LogP contribution in [0.15, 0.2) is 35.2 Å². The molecule has 0 saturated heterocycles. The number of hydrogen-bond acceptors (Lipinski definition) is 5. The van der Waals surface area contributed by atoms with Crippen LogP contribution in [0.5, 0.6) is 0 Å². The van der Waals surface area contributed by atoms with Gasteiger partial charge in [0, 0.05) is 32.2 Å². The molecule has 0 radical (unpaired) electrons. The van der Waals surface area contributed by atoms with E-state index in [4.69, 9.17) is 0 Å². The molecule has 0 amide bonds. The molecular formula is C12H14BrN5. The molecule has 0 aliphatic rings. The van der Waals surface area contributed by atoms with Gasteiger partial charge >= 0.3 is 0 Å². The lowest BCUT2D eigenvalue weighted by Gasteiger charge is -2.08. The summed E-state index contributed by atoms with van der Waals surface area (Å²) in [5.41, 5.74) is 1.20. The molecule has 2 aromatic heterocycles. The van der Waals surface area contributed by atoms with Gasteiger partial charge in [-0.05, 0) is 34.0 Å². The standard InChI is InChI=1S/C12H14BrN5/c1-14-12-17-8-10(13)11(18-12)16-6-4-9-3-2-5-15-7-9/h2-3,5,7-8H,4,6H2,1H3,(H2,14,16,17,18). The van der Waals surface area contributed by atoms with E-state index >= 15 is 0 Å². The third-order valence-electron chi connectivity index (χ3n) is 2.40. The minimum absolute atomic E-state index is 0.599. The Morgan fingerprint density at radius 1 is 1.33 bits per heavy atom. The molecule has 0 atom stereocenters. The van der Waals surface area contributed by atoms with Crippen molar-refractivity contribution in [3.05, 3.63) is 40.8 Å². The quantitative estimate of drug-likeness (QED) is 0.887. The lowest BCUT2D eigenvalue weighted by Crippen LogP contribution is -2.08. The fraction of sp³-hybridized carbons (Fsp3) is 0.250. The molecule has 0 bridgehead atoms. The summed E-state index contributed by atoms with van der Waals surface area (Å²) in [6.07, 6.45) is 6.28. The second-order valence-electron chi connectivity index (χ2n) is 3.68. The molecule has 0 saturated carbocycles. The lowest BCUT2D eigenvalue weighted by atomic mass is 10.2. The van der Waals surface area contributed by atoms with Crippen LogP contribution in [0.4, 0.5) is 11.8 Å². The van der Waals surface area contributed by atoms with Gasteiger partial charge in [-0.25, -0.2) is 4.98 Å². The van der Waals surface area contributed by atoms with Crippen molar-refractivity contribution in [2.75, 3.05) is 24.2 Å². The van der Waals surface area contributed by atoms with Gasteiger partial charge in [-0.2, -0.15) is 4.98 Å². The number of halogens is 1. The molecule has 0 aromatic carbocycles. The SMILES string of the molecule is CNc1ncc(Br)c(NCCc2cccnc2)n1. The van der Waals surface area contributed by atoms with E-state index in [9.17, 15) is 0 Å². The Balaban J connectivity index is 1.94. The Bertz CT molecular complexity index is 503. The van der Waals surface area contributed by atoms with Crippen LogP contribution in [0.25, 0.3) is 0 Å². The Labute approximate surface area is 114 Å². The largest absolute Gasteiger partial charge is 0.369 e. The number of aromatic nitrogens is 3. The summed E-state index contributed by atoms with van der Waals surface area (Å²) in [6.45, 7) is 0.796. The van der Waals surface area contributed by atoms with Crippen LogP contribution >= 0.6 is 15.9 Å². The average Bonchev–Trinajstić information content (AvgIpc) is 2.42. The van der Waals surface area contributed by atoms with E-state index in [0.29, 0.717) is 5.95 Å². The van der Waals surface area contributed by atoms with Crippen molar-refractivity contribution in [1.29, 1.82) is 0 Å². The molecule has 0 aliphatic heterocycles. The lowest BCUT2D eigenvalue weighted by molar-refractivity contribution is 0.985. The first-order valence-corrected chi connectivity index (χ1v) is 6.42. The first kappa shape index (κ1) is 12.8. The van der Waals surface area contributed by atoms with Crippen molar-refractivity contribution in [2.45, 2.75) is 6.42 Å². The van der Waals surface area contributed by atoms with E-state index in [-0.39, 0.29) is 0 Å². The molecule has 94 valence electrons. The van der Waals surface area contributed by atoms with Crippen molar-refractivity contribution in [3.8, 4) is 0 Å². The molecule has 2 rings (SSSR count). The fourth-order valence-electron chi connectivity index (χ4n) is 1.48. The van der Waals surface area contributed by atoms with Crippen LogP contribution in [-0.2, 0) is 6.42 Å². The number of rotatable bonds is 5. The minimum atomic E-state index is 0.599. The average molecular weight is 308 g/mol. The molecule has 2 aromatic rings. The van der Waals surface area contributed by atoms with Gasteiger partial charge in [0.15, 0.2) is 0 Å². The Kier molecular flexibility index (Phi) is 4.46. The van der Waals surface area contributed by atoms with Crippen LogP contribution in [0.2, 0.25) is 0 Å². The smallest absolute Gasteiger partial charge is 0.224 e. The maximum Gasteiger partial charge on any atom is 0.224 e. The van der Waals surface area contributed by atoms with Crippen molar-refractivity contribution < 1.29 is 0 Å². The summed E-state index contributed by atoms with van der Waals surface area (Å²) in [6, 6.07) is 4.00. The molecule has 0 fully saturated rings. The van der Waals surface area contributed by atoms with E-state index in [1.54, 1.807) is 19.4 Å². The van der Waals surface area contributed by atoms with E-state index in [1.165, 1.54) is 5.56 Å². The maximum absolute atomic E-state index is 4.33. The van der Waals surface area contributed by atoms with Gasteiger partial charge in [0.05, 0.1) is 4.47 Å². The minimum Gasteiger partial charge on any atom is -0.369 e. The number of hydrogen-bond donors (Lipinski definition) is 2. The third kappa shape index (κ3) is 3.40. The van der Waals surface area contributed by atoms with Gasteiger partial charge in [-0.3, -0.25) is 4.98 Å². The first-order chi connectivity index (χ1) is 8.79. The second kappa shape index (κ2) is 6.30. The Morgan fingerprint density at radius 2 is 2.22 bits per heavy atom. The first-order valence-electron chi connectivity index (χ1n) is 5.62. The molecule has 0 aliphatic carbocycles. The second-order valence-corrected chi connectivity index (χ2v) is 4.53. The highest BCUT2D eigenvalue weighted by atomic mass is 79.9. The predicted molar refractivity (Wildman–Crippen MR) is 75.7 cm³/mol. The van der Waals surface area contributed by atoms with Gasteiger partial charge < -0.3 is 10.6 Å². The molecule has 0 unspecified atom stereocenters. The van der Waals surface area contributed by atoms with Crippen LogP contribution in [0, 0.1) is 0 Å². The zero-order valence-electron chi connectivity index (χ0n) is 10.0. The van der Waals surface area contributed by atoms with Gasteiger partial charge in [-0.1, -0.05) is 6.07 Å². The summed E-state index contributed by atoms with van der Waals surface area (Å²) < 4.78 is 0.854. The molecular weight excluding hydrogens is 294 g/mol. The maximum atomic E-state index is 4.33. The normalized spacial score (nSPS) is 10.1. The fourth-order valence-corrected chi connectivity index (χ4v) is 1.81. The van der Waals surface area contributed by atoms with E-state index < -0.39 is 0 Å². The summed E-state index contributed by atoms with van der Waals surface area (Å²) in [5, 5.41) is 6.18. The van der Waals surface area contributed by atoms with Crippen molar-refractivity contribution in [1.82, 2.24) is 15.0 Å². The number of nitrogens with one attached hydrogen (secondary N) is 2. The highest BCUT2D eigenvalue weighted by Crippen LogP contribution is 2.19. The monoisotopic (exact) mass is 307 g/mol. The molecule has 2 N–H and O–H groups in total. The third-order valence-corrected chi connectivity index (χ3v) is 2.98. The van der Waals surface area contributed by atoms with Gasteiger partial charge in [0.1, 0.15) is 5.82 Å². The predicted octanol–water partition coefficient (Wildman–Crippen LogP) is 2.33. The summed E-state index contributed by atoms with van der Waals surface area (Å²) >= 11 is 3.42. The van der Waals surface area contributed by atoms with Gasteiger partial charge in [0.2, 0.25) is 5.95 Å². The highest BCUT2D eigenvalue weighted by molar-refractivity contribution is 9.10. The summed E-state index contributed by atoms with van der Waals surface area (Å²) in [7, 11) is 1.79. The number of nitrogens with zero attached hydrogens (tertiary/aromatic N) is 3. The van der Waals surface area contributed by atoms with E-state index in [2.05, 4.69) is 47.6 Å². The zero-order chi connectivity index (χ0) is 12.8. The van der Waals surface area contributed by atoms with E-state index in [1.807, 2.05) is 12.3 Å². The van der Waals surface area contributed by atoms with Crippen molar-refractivity contribution in [3.63, 3.8) is 0 Å². The molecule has 5 nitrogen and oxygen atoms in total.